The minimum atomic E-state index is -0.198. The van der Waals surface area contributed by atoms with E-state index in [-0.39, 0.29) is 6.09 Å². The highest BCUT2D eigenvalue weighted by atomic mass is 16.6. The van der Waals surface area contributed by atoms with Crippen molar-refractivity contribution in [2.75, 3.05) is 26.2 Å². The third-order valence-electron chi connectivity index (χ3n) is 5.30. The van der Waals surface area contributed by atoms with Gasteiger partial charge in [-0.2, -0.15) is 0 Å². The molecule has 0 spiro atoms. The molecule has 0 N–H and O–H groups in total. The molecule has 1 amide bonds. The van der Waals surface area contributed by atoms with E-state index in [2.05, 4.69) is 28.7 Å². The Morgan fingerprint density at radius 2 is 2.00 bits per heavy atom. The maximum Gasteiger partial charge on any atom is 0.415 e. The molecule has 0 saturated carbocycles. The van der Waals surface area contributed by atoms with Crippen LogP contribution in [0.3, 0.4) is 0 Å². The summed E-state index contributed by atoms with van der Waals surface area (Å²) in [7, 11) is 0. The zero-order valence-corrected chi connectivity index (χ0v) is 14.3. The Morgan fingerprint density at radius 3 is 2.79 bits per heavy atom. The SMILES string of the molecule is CCCn1ccc2cc(OC(=O)N3CCN4CCC3CC4)ccc21. The van der Waals surface area contributed by atoms with E-state index in [1.54, 1.807) is 0 Å². The third kappa shape index (κ3) is 2.88. The number of aromatic nitrogens is 1. The van der Waals surface area contributed by atoms with Crippen molar-refractivity contribution in [2.24, 2.45) is 0 Å². The number of nitrogens with zero attached hydrogens (tertiary/aromatic N) is 3. The van der Waals surface area contributed by atoms with Crippen molar-refractivity contribution < 1.29 is 9.53 Å². The molecule has 3 aliphatic rings. The summed E-state index contributed by atoms with van der Waals surface area (Å²) in [6.07, 6.45) is 5.13. The zero-order valence-electron chi connectivity index (χ0n) is 14.3. The number of aryl methyl sites for hydroxylation is 1. The van der Waals surface area contributed by atoms with Gasteiger partial charge >= 0.3 is 6.09 Å². The van der Waals surface area contributed by atoms with Crippen LogP contribution in [-0.2, 0) is 6.54 Å². The number of carbonyl (C=O) groups is 1. The molecule has 3 fully saturated rings. The van der Waals surface area contributed by atoms with Gasteiger partial charge in [-0.25, -0.2) is 4.79 Å². The summed E-state index contributed by atoms with van der Waals surface area (Å²) in [4.78, 5) is 17.0. The van der Waals surface area contributed by atoms with E-state index in [9.17, 15) is 4.79 Å². The van der Waals surface area contributed by atoms with Crippen LogP contribution in [0.5, 0.6) is 5.75 Å². The first-order chi connectivity index (χ1) is 11.7. The van der Waals surface area contributed by atoms with Crippen LogP contribution in [0.25, 0.3) is 10.9 Å². The van der Waals surface area contributed by atoms with E-state index in [0.717, 1.165) is 57.4 Å². The van der Waals surface area contributed by atoms with E-state index >= 15 is 0 Å². The molecular formula is C19H25N3O2. The fourth-order valence-corrected chi connectivity index (χ4v) is 3.96. The Balaban J connectivity index is 1.50. The van der Waals surface area contributed by atoms with Crippen LogP contribution in [0.15, 0.2) is 30.5 Å². The molecule has 1 aromatic carbocycles. The number of amides is 1. The summed E-state index contributed by atoms with van der Waals surface area (Å²) in [6, 6.07) is 8.35. The quantitative estimate of drug-likeness (QED) is 0.868. The van der Waals surface area contributed by atoms with Gasteiger partial charge in [-0.1, -0.05) is 6.92 Å². The first kappa shape index (κ1) is 15.5. The van der Waals surface area contributed by atoms with Gasteiger partial charge in [-0.15, -0.1) is 0 Å². The summed E-state index contributed by atoms with van der Waals surface area (Å²) in [5.74, 6) is 0.640. The van der Waals surface area contributed by atoms with Crippen LogP contribution in [0.2, 0.25) is 0 Å². The standard InChI is InChI=1S/C19H25N3O2/c1-2-8-21-11-5-15-14-17(3-4-18(15)21)24-19(23)22-13-12-20-9-6-16(22)7-10-20/h3-5,11,14,16H,2,6-10,12-13H2,1H3. The lowest BCUT2D eigenvalue weighted by atomic mass is 10.1. The van der Waals surface area contributed by atoms with Crippen LogP contribution in [0, 0.1) is 0 Å². The highest BCUT2D eigenvalue weighted by Crippen LogP contribution is 2.25. The average Bonchev–Trinajstić information content (AvgIpc) is 2.77. The number of benzene rings is 1. The van der Waals surface area contributed by atoms with Crippen molar-refractivity contribution in [3.05, 3.63) is 30.5 Å². The molecule has 0 unspecified atom stereocenters. The maximum absolute atomic E-state index is 12.6. The van der Waals surface area contributed by atoms with E-state index in [1.165, 1.54) is 5.52 Å². The predicted molar refractivity (Wildman–Crippen MR) is 94.4 cm³/mol. The fourth-order valence-electron chi connectivity index (χ4n) is 3.96. The molecule has 4 heterocycles. The van der Waals surface area contributed by atoms with Gasteiger partial charge in [0.25, 0.3) is 0 Å². The van der Waals surface area contributed by atoms with Crippen molar-refractivity contribution in [3.63, 3.8) is 0 Å². The molecule has 128 valence electrons. The Hall–Kier alpha value is -2.01. The molecule has 1 aromatic heterocycles. The monoisotopic (exact) mass is 327 g/mol. The van der Waals surface area contributed by atoms with Crippen LogP contribution >= 0.6 is 0 Å². The minimum Gasteiger partial charge on any atom is -0.410 e. The van der Waals surface area contributed by atoms with Gasteiger partial charge < -0.3 is 19.1 Å². The topological polar surface area (TPSA) is 37.7 Å². The number of ether oxygens (including phenoxy) is 1. The van der Waals surface area contributed by atoms with E-state index in [1.807, 2.05) is 23.1 Å². The number of rotatable bonds is 3. The molecule has 0 aliphatic carbocycles. The number of hydrogen-bond acceptors (Lipinski definition) is 3. The van der Waals surface area contributed by atoms with Crippen LogP contribution in [-0.4, -0.2) is 52.7 Å². The first-order valence-corrected chi connectivity index (χ1v) is 9.04. The fraction of sp³-hybridized carbons (Fsp3) is 0.526. The van der Waals surface area contributed by atoms with Gasteiger partial charge in [0.15, 0.2) is 0 Å². The Kier molecular flexibility index (Phi) is 4.19. The average molecular weight is 327 g/mol. The van der Waals surface area contributed by atoms with Crippen molar-refractivity contribution in [1.82, 2.24) is 14.4 Å². The van der Waals surface area contributed by atoms with Gasteiger partial charge in [-0.05, 0) is 43.5 Å². The van der Waals surface area contributed by atoms with Crippen molar-refractivity contribution >= 4 is 17.0 Å². The number of carbonyl (C=O) groups excluding carboxylic acids is 1. The Bertz CT molecular complexity index is 731. The lowest BCUT2D eigenvalue weighted by molar-refractivity contribution is 0.131. The van der Waals surface area contributed by atoms with E-state index in [4.69, 9.17) is 4.74 Å². The van der Waals surface area contributed by atoms with E-state index in [0.29, 0.717) is 11.8 Å². The van der Waals surface area contributed by atoms with Crippen LogP contribution in [0.1, 0.15) is 26.2 Å². The molecule has 5 heteroatoms. The van der Waals surface area contributed by atoms with Gasteiger partial charge in [0, 0.05) is 55.9 Å². The summed E-state index contributed by atoms with van der Waals surface area (Å²) in [5.41, 5.74) is 1.19. The molecule has 2 aromatic rings. The molecule has 0 radical (unpaired) electrons. The zero-order chi connectivity index (χ0) is 16.5. The lowest BCUT2D eigenvalue weighted by Crippen LogP contribution is -2.43. The summed E-state index contributed by atoms with van der Waals surface area (Å²) in [5, 5.41) is 1.12. The number of hydrogen-bond donors (Lipinski definition) is 0. The normalized spacial score (nSPS) is 23.5. The molecular weight excluding hydrogens is 302 g/mol. The van der Waals surface area contributed by atoms with Crippen molar-refractivity contribution in [1.29, 1.82) is 0 Å². The summed E-state index contributed by atoms with van der Waals surface area (Å²) in [6.45, 7) is 7.13. The van der Waals surface area contributed by atoms with E-state index < -0.39 is 0 Å². The van der Waals surface area contributed by atoms with Gasteiger partial charge in [-0.3, -0.25) is 0 Å². The number of fused-ring (bicyclic) bond motifs is 5. The second-order valence-corrected chi connectivity index (χ2v) is 6.86. The van der Waals surface area contributed by atoms with Crippen molar-refractivity contribution in [2.45, 2.75) is 38.8 Å². The second-order valence-electron chi connectivity index (χ2n) is 6.86. The van der Waals surface area contributed by atoms with Crippen LogP contribution in [0.4, 0.5) is 4.79 Å². The molecule has 5 nitrogen and oxygen atoms in total. The first-order valence-electron chi connectivity index (χ1n) is 9.04. The molecule has 0 atom stereocenters. The number of piperidine rings is 1. The summed E-state index contributed by atoms with van der Waals surface area (Å²) < 4.78 is 7.94. The van der Waals surface area contributed by atoms with Gasteiger partial charge in [0.1, 0.15) is 5.75 Å². The third-order valence-corrected chi connectivity index (χ3v) is 5.30. The molecule has 24 heavy (non-hydrogen) atoms. The molecule has 5 rings (SSSR count). The smallest absolute Gasteiger partial charge is 0.410 e. The molecule has 2 bridgehead atoms. The predicted octanol–water partition coefficient (Wildman–Crippen LogP) is 3.33. The minimum absolute atomic E-state index is 0.198. The highest BCUT2D eigenvalue weighted by molar-refractivity contribution is 5.82. The van der Waals surface area contributed by atoms with Crippen molar-refractivity contribution in [3.8, 4) is 5.75 Å². The molecule has 3 saturated heterocycles. The Morgan fingerprint density at radius 1 is 1.17 bits per heavy atom. The Labute approximate surface area is 142 Å². The van der Waals surface area contributed by atoms with Gasteiger partial charge in [0.05, 0.1) is 0 Å². The maximum atomic E-state index is 12.6. The van der Waals surface area contributed by atoms with Gasteiger partial charge in [0.2, 0.25) is 0 Å². The highest BCUT2D eigenvalue weighted by Gasteiger charge is 2.32. The second kappa shape index (κ2) is 6.48. The summed E-state index contributed by atoms with van der Waals surface area (Å²) >= 11 is 0. The molecule has 3 aliphatic heterocycles. The van der Waals surface area contributed by atoms with Crippen LogP contribution < -0.4 is 4.74 Å². The largest absolute Gasteiger partial charge is 0.415 e. The lowest BCUT2D eigenvalue weighted by Gasteiger charge is -2.30.